The van der Waals surface area contributed by atoms with E-state index in [1.807, 2.05) is 0 Å². The first kappa shape index (κ1) is 15.8. The summed E-state index contributed by atoms with van der Waals surface area (Å²) in [4.78, 5) is 34.3. The highest BCUT2D eigenvalue weighted by molar-refractivity contribution is 5.81. The lowest BCUT2D eigenvalue weighted by molar-refractivity contribution is -0.139. The summed E-state index contributed by atoms with van der Waals surface area (Å²) >= 11 is 0. The highest BCUT2D eigenvalue weighted by Gasteiger charge is 2.37. The number of carbonyl (C=O) groups is 3. The Bertz CT molecular complexity index is 412. The van der Waals surface area contributed by atoms with E-state index >= 15 is 0 Å². The molecule has 2 saturated carbocycles. The number of hydrogen-bond donors (Lipinski definition) is 3. The lowest BCUT2D eigenvalue weighted by Gasteiger charge is -2.28. The van der Waals surface area contributed by atoms with Gasteiger partial charge in [0.2, 0.25) is 11.8 Å². The van der Waals surface area contributed by atoms with E-state index in [4.69, 9.17) is 5.11 Å². The Balaban J connectivity index is 1.67. The lowest BCUT2D eigenvalue weighted by atomic mass is 9.93. The minimum atomic E-state index is -0.867. The van der Waals surface area contributed by atoms with Crippen LogP contribution in [0.4, 0.5) is 0 Å². The van der Waals surface area contributed by atoms with E-state index < -0.39 is 11.5 Å². The molecule has 2 aliphatic carbocycles. The fourth-order valence-corrected chi connectivity index (χ4v) is 3.00. The molecule has 3 N–H and O–H groups in total. The SMILES string of the molecule is O=C(O)CC1(NC(=O)CCCNC(=O)C2CC2)CCCC1. The second kappa shape index (κ2) is 6.91. The van der Waals surface area contributed by atoms with Crippen LogP contribution in [0.15, 0.2) is 0 Å². The lowest BCUT2D eigenvalue weighted by Crippen LogP contribution is -2.47. The highest BCUT2D eigenvalue weighted by atomic mass is 16.4. The highest BCUT2D eigenvalue weighted by Crippen LogP contribution is 2.32. The van der Waals surface area contributed by atoms with Crippen molar-refractivity contribution in [3.05, 3.63) is 0 Å². The molecular weight excluding hydrogens is 272 g/mol. The van der Waals surface area contributed by atoms with Crippen LogP contribution in [0.3, 0.4) is 0 Å². The van der Waals surface area contributed by atoms with Crippen molar-refractivity contribution < 1.29 is 19.5 Å². The van der Waals surface area contributed by atoms with Gasteiger partial charge in [0.05, 0.1) is 12.0 Å². The Labute approximate surface area is 124 Å². The van der Waals surface area contributed by atoms with Gasteiger partial charge in [0.15, 0.2) is 0 Å². The minimum absolute atomic E-state index is 0.00282. The molecular formula is C15H24N2O4. The summed E-state index contributed by atoms with van der Waals surface area (Å²) in [5.74, 6) is -0.697. The normalized spacial score (nSPS) is 20.0. The van der Waals surface area contributed by atoms with Crippen LogP contribution < -0.4 is 10.6 Å². The number of carboxylic acid groups (broad SMARTS) is 1. The molecule has 0 bridgehead atoms. The van der Waals surface area contributed by atoms with E-state index in [1.165, 1.54) is 0 Å². The van der Waals surface area contributed by atoms with E-state index in [1.54, 1.807) is 0 Å². The summed E-state index contributed by atoms with van der Waals surface area (Å²) in [5, 5.41) is 14.7. The molecule has 0 heterocycles. The van der Waals surface area contributed by atoms with Gasteiger partial charge in [0, 0.05) is 18.9 Å². The molecule has 6 nitrogen and oxygen atoms in total. The van der Waals surface area contributed by atoms with Crippen molar-refractivity contribution in [1.82, 2.24) is 10.6 Å². The average Bonchev–Trinajstić information content (AvgIpc) is 3.16. The molecule has 0 unspecified atom stereocenters. The average molecular weight is 296 g/mol. The van der Waals surface area contributed by atoms with Gasteiger partial charge < -0.3 is 15.7 Å². The second-order valence-corrected chi connectivity index (χ2v) is 6.27. The first-order chi connectivity index (χ1) is 10.0. The monoisotopic (exact) mass is 296 g/mol. The summed E-state index contributed by atoms with van der Waals surface area (Å²) in [7, 11) is 0. The van der Waals surface area contributed by atoms with Crippen LogP contribution in [0.1, 0.15) is 57.8 Å². The molecule has 6 heteroatoms. The number of aliphatic carboxylic acids is 1. The zero-order chi connectivity index (χ0) is 15.3. The minimum Gasteiger partial charge on any atom is -0.481 e. The maximum atomic E-state index is 12.0. The van der Waals surface area contributed by atoms with Gasteiger partial charge in [-0.1, -0.05) is 12.8 Å². The van der Waals surface area contributed by atoms with E-state index in [-0.39, 0.29) is 24.2 Å². The van der Waals surface area contributed by atoms with E-state index in [0.717, 1.165) is 38.5 Å². The van der Waals surface area contributed by atoms with Gasteiger partial charge in [-0.2, -0.15) is 0 Å². The van der Waals surface area contributed by atoms with E-state index in [0.29, 0.717) is 19.4 Å². The molecule has 21 heavy (non-hydrogen) atoms. The van der Waals surface area contributed by atoms with Crippen LogP contribution in [0.5, 0.6) is 0 Å². The van der Waals surface area contributed by atoms with Crippen LogP contribution in [0.25, 0.3) is 0 Å². The fourth-order valence-electron chi connectivity index (χ4n) is 3.00. The molecule has 0 aromatic carbocycles. The number of carboxylic acids is 1. The first-order valence-electron chi connectivity index (χ1n) is 7.81. The van der Waals surface area contributed by atoms with Gasteiger partial charge in [-0.25, -0.2) is 0 Å². The van der Waals surface area contributed by atoms with Crippen LogP contribution in [0.2, 0.25) is 0 Å². The van der Waals surface area contributed by atoms with Crippen molar-refractivity contribution in [2.45, 2.75) is 63.3 Å². The second-order valence-electron chi connectivity index (χ2n) is 6.27. The third-order valence-corrected chi connectivity index (χ3v) is 4.28. The number of amides is 2. The Hall–Kier alpha value is -1.59. The van der Waals surface area contributed by atoms with Crippen molar-refractivity contribution >= 4 is 17.8 Å². The quantitative estimate of drug-likeness (QED) is 0.586. The standard InChI is InChI=1S/C15H24N2O4/c18-12(4-3-9-16-14(21)11-5-6-11)17-15(10-13(19)20)7-1-2-8-15/h11H,1-10H2,(H,16,21)(H,17,18)(H,19,20). The first-order valence-corrected chi connectivity index (χ1v) is 7.81. The van der Waals surface area contributed by atoms with Crippen molar-refractivity contribution in [2.75, 3.05) is 6.54 Å². The number of carbonyl (C=O) groups excluding carboxylic acids is 2. The summed E-state index contributed by atoms with van der Waals surface area (Å²) in [5.41, 5.74) is -0.555. The zero-order valence-electron chi connectivity index (χ0n) is 12.3. The van der Waals surface area contributed by atoms with Gasteiger partial charge in [-0.05, 0) is 32.1 Å². The molecule has 2 rings (SSSR count). The van der Waals surface area contributed by atoms with Crippen molar-refractivity contribution in [1.29, 1.82) is 0 Å². The van der Waals surface area contributed by atoms with Gasteiger partial charge in [-0.3, -0.25) is 14.4 Å². The largest absolute Gasteiger partial charge is 0.481 e. The maximum absolute atomic E-state index is 12.0. The number of hydrogen-bond acceptors (Lipinski definition) is 3. The predicted octanol–water partition coefficient (Wildman–Crippen LogP) is 1.20. The Morgan fingerprint density at radius 3 is 2.38 bits per heavy atom. The van der Waals surface area contributed by atoms with Gasteiger partial charge >= 0.3 is 5.97 Å². The molecule has 0 aromatic heterocycles. The van der Waals surface area contributed by atoms with Crippen molar-refractivity contribution in [3.8, 4) is 0 Å². The van der Waals surface area contributed by atoms with E-state index in [9.17, 15) is 14.4 Å². The number of rotatable bonds is 8. The molecule has 0 aliphatic heterocycles. The summed E-state index contributed by atoms with van der Waals surface area (Å²) in [6.45, 7) is 0.509. The van der Waals surface area contributed by atoms with Gasteiger partial charge in [-0.15, -0.1) is 0 Å². The van der Waals surface area contributed by atoms with Gasteiger partial charge in [0.25, 0.3) is 0 Å². The smallest absolute Gasteiger partial charge is 0.305 e. The Morgan fingerprint density at radius 2 is 1.81 bits per heavy atom. The molecule has 2 aliphatic rings. The molecule has 0 radical (unpaired) electrons. The molecule has 118 valence electrons. The van der Waals surface area contributed by atoms with Crippen LogP contribution >= 0.6 is 0 Å². The van der Waals surface area contributed by atoms with Crippen LogP contribution in [-0.4, -0.2) is 35.0 Å². The predicted molar refractivity (Wildman–Crippen MR) is 76.6 cm³/mol. The molecule has 0 aromatic rings. The maximum Gasteiger partial charge on any atom is 0.305 e. The Morgan fingerprint density at radius 1 is 1.14 bits per heavy atom. The third-order valence-electron chi connectivity index (χ3n) is 4.28. The molecule has 2 amide bonds. The Kier molecular flexibility index (Phi) is 5.20. The molecule has 0 spiro atoms. The van der Waals surface area contributed by atoms with E-state index in [2.05, 4.69) is 10.6 Å². The summed E-state index contributed by atoms with van der Waals surface area (Å²) in [6.07, 6.45) is 6.27. The topological polar surface area (TPSA) is 95.5 Å². The molecule has 0 saturated heterocycles. The number of nitrogens with one attached hydrogen (secondary N) is 2. The molecule has 0 atom stereocenters. The van der Waals surface area contributed by atoms with Crippen LogP contribution in [-0.2, 0) is 14.4 Å². The zero-order valence-corrected chi connectivity index (χ0v) is 12.3. The van der Waals surface area contributed by atoms with Crippen molar-refractivity contribution in [2.24, 2.45) is 5.92 Å². The van der Waals surface area contributed by atoms with Crippen LogP contribution in [0, 0.1) is 5.92 Å². The molecule has 2 fully saturated rings. The third kappa shape index (κ3) is 5.02. The summed E-state index contributed by atoms with van der Waals surface area (Å²) in [6, 6.07) is 0. The summed E-state index contributed by atoms with van der Waals surface area (Å²) < 4.78 is 0. The fraction of sp³-hybridized carbons (Fsp3) is 0.800. The van der Waals surface area contributed by atoms with Gasteiger partial charge in [0.1, 0.15) is 0 Å². The van der Waals surface area contributed by atoms with Crippen molar-refractivity contribution in [3.63, 3.8) is 0 Å².